The fraction of sp³-hybridized carbons (Fsp3) is 0.600. The van der Waals surface area contributed by atoms with E-state index in [0.717, 1.165) is 0 Å². The summed E-state index contributed by atoms with van der Waals surface area (Å²) in [6, 6.07) is 0. The summed E-state index contributed by atoms with van der Waals surface area (Å²) in [7, 11) is -8.37. The van der Waals surface area contributed by atoms with Crippen LogP contribution >= 0.6 is 0 Å². The van der Waals surface area contributed by atoms with Gasteiger partial charge in [-0.1, -0.05) is 6.58 Å². The summed E-state index contributed by atoms with van der Waals surface area (Å²) >= 11 is 0. The molecule has 0 saturated carbocycles. The summed E-state index contributed by atoms with van der Waals surface area (Å²) in [5, 5.41) is 0. The van der Waals surface area contributed by atoms with Crippen LogP contribution in [0.4, 0.5) is 0 Å². The quantitative estimate of drug-likeness (QED) is 0.646. The van der Waals surface area contributed by atoms with Gasteiger partial charge in [-0.05, 0) is 12.8 Å². The molecule has 0 unspecified atom stereocenters. The van der Waals surface area contributed by atoms with Crippen LogP contribution in [0.2, 0.25) is 0 Å². The van der Waals surface area contributed by atoms with E-state index in [2.05, 4.69) is 6.58 Å². The van der Waals surface area contributed by atoms with E-state index in [1.54, 1.807) is 0 Å². The van der Waals surface area contributed by atoms with Gasteiger partial charge in [0.05, 0.1) is 10.7 Å². The van der Waals surface area contributed by atoms with Gasteiger partial charge in [0.25, 0.3) is 20.2 Å². The third-order valence-electron chi connectivity index (χ3n) is 1.22. The minimum Gasteiger partial charge on any atom is -0.286 e. The lowest BCUT2D eigenvalue weighted by Crippen LogP contribution is -2.06. The van der Waals surface area contributed by atoms with Crippen LogP contribution in [0.25, 0.3) is 0 Å². The monoisotopic (exact) mass is 230 g/mol. The van der Waals surface area contributed by atoms with Crippen molar-refractivity contribution in [2.75, 3.05) is 5.75 Å². The minimum absolute atomic E-state index is 0.0997. The highest BCUT2D eigenvalue weighted by Crippen LogP contribution is 2.09. The molecule has 8 heteroatoms. The highest BCUT2D eigenvalue weighted by atomic mass is 32.2. The van der Waals surface area contributed by atoms with Crippen LogP contribution in [0, 0.1) is 0 Å². The highest BCUT2D eigenvalue weighted by molar-refractivity contribution is 7.89. The maximum absolute atomic E-state index is 10.3. The van der Waals surface area contributed by atoms with E-state index in [0.29, 0.717) is 0 Å². The smallest absolute Gasteiger partial charge is 0.286 e. The van der Waals surface area contributed by atoms with E-state index in [4.69, 9.17) is 9.11 Å². The SMILES string of the molecule is C=C(CCCS(=O)(=O)O)S(=O)(=O)O. The van der Waals surface area contributed by atoms with Gasteiger partial charge in [0.2, 0.25) is 0 Å². The third kappa shape index (κ3) is 6.70. The molecule has 0 aliphatic rings. The molecule has 0 amide bonds. The van der Waals surface area contributed by atoms with Crippen LogP contribution in [-0.4, -0.2) is 31.7 Å². The normalized spacial score (nSPS) is 12.8. The zero-order valence-electron chi connectivity index (χ0n) is 6.67. The second-order valence-electron chi connectivity index (χ2n) is 2.40. The van der Waals surface area contributed by atoms with Gasteiger partial charge in [-0.25, -0.2) is 0 Å². The van der Waals surface area contributed by atoms with Crippen LogP contribution in [-0.2, 0) is 20.2 Å². The Balaban J connectivity index is 4.02. The number of allylic oxidation sites excluding steroid dienone is 1. The molecule has 2 N–H and O–H groups in total. The molecule has 0 spiro atoms. The molecule has 0 atom stereocenters. The molecular formula is C5H10O6S2. The maximum atomic E-state index is 10.3. The summed E-state index contributed by atoms with van der Waals surface area (Å²) < 4.78 is 57.7. The van der Waals surface area contributed by atoms with E-state index in [9.17, 15) is 16.8 Å². The average Bonchev–Trinajstić information content (AvgIpc) is 1.82. The summed E-state index contributed by atoms with van der Waals surface area (Å²) in [5.74, 6) is -0.554. The highest BCUT2D eigenvalue weighted by Gasteiger charge is 2.12. The topological polar surface area (TPSA) is 109 Å². The standard InChI is InChI=1S/C5H10O6S2/c1-5(13(9,10)11)3-2-4-12(6,7)8/h1-4H2,(H,6,7,8)(H,9,10,11). The summed E-state index contributed by atoms with van der Waals surface area (Å²) in [5.41, 5.74) is 0. The summed E-state index contributed by atoms with van der Waals surface area (Å²) in [6.07, 6.45) is -0.296. The van der Waals surface area contributed by atoms with Gasteiger partial charge in [-0.2, -0.15) is 16.8 Å². The zero-order valence-corrected chi connectivity index (χ0v) is 8.31. The lowest BCUT2D eigenvalue weighted by molar-refractivity contribution is 0.477. The molecular weight excluding hydrogens is 220 g/mol. The first-order valence-corrected chi connectivity index (χ1v) is 6.28. The van der Waals surface area contributed by atoms with Crippen molar-refractivity contribution in [3.63, 3.8) is 0 Å². The van der Waals surface area contributed by atoms with Gasteiger partial charge in [-0.3, -0.25) is 9.11 Å². The van der Waals surface area contributed by atoms with Crippen LogP contribution in [0.15, 0.2) is 11.5 Å². The van der Waals surface area contributed by atoms with E-state index in [1.165, 1.54) is 0 Å². The molecule has 0 rings (SSSR count). The minimum atomic E-state index is -4.29. The molecule has 78 valence electrons. The molecule has 0 aliphatic heterocycles. The van der Waals surface area contributed by atoms with Crippen LogP contribution in [0.5, 0.6) is 0 Å². The molecule has 0 aromatic rings. The first-order chi connectivity index (χ1) is 5.63. The Labute approximate surface area is 76.8 Å². The predicted molar refractivity (Wildman–Crippen MR) is 46.3 cm³/mol. The van der Waals surface area contributed by atoms with E-state index < -0.39 is 30.9 Å². The molecule has 0 radical (unpaired) electrons. The summed E-state index contributed by atoms with van der Waals surface area (Å²) in [4.78, 5) is -0.462. The Hall–Kier alpha value is -0.440. The van der Waals surface area contributed by atoms with Gasteiger partial charge in [0.15, 0.2) is 0 Å². The van der Waals surface area contributed by atoms with Crippen molar-refractivity contribution in [3.05, 3.63) is 11.5 Å². The van der Waals surface area contributed by atoms with Gasteiger partial charge in [0, 0.05) is 0 Å². The number of hydrogen-bond donors (Lipinski definition) is 2. The molecule has 0 bridgehead atoms. The van der Waals surface area contributed by atoms with Crippen molar-refractivity contribution in [2.24, 2.45) is 0 Å². The molecule has 13 heavy (non-hydrogen) atoms. The van der Waals surface area contributed by atoms with Gasteiger partial charge < -0.3 is 0 Å². The van der Waals surface area contributed by atoms with Crippen molar-refractivity contribution in [2.45, 2.75) is 12.8 Å². The summed E-state index contributed by atoms with van der Waals surface area (Å²) in [6.45, 7) is 3.03. The first-order valence-electron chi connectivity index (χ1n) is 3.23. The van der Waals surface area contributed by atoms with Crippen molar-refractivity contribution in [1.29, 1.82) is 0 Å². The predicted octanol–water partition coefficient (Wildman–Crippen LogP) is 0.0559. The van der Waals surface area contributed by atoms with Crippen molar-refractivity contribution in [3.8, 4) is 0 Å². The second-order valence-corrected chi connectivity index (χ2v) is 5.50. The number of hydrogen-bond acceptors (Lipinski definition) is 4. The molecule has 0 aliphatic carbocycles. The Morgan fingerprint density at radius 3 is 1.92 bits per heavy atom. The first kappa shape index (κ1) is 12.6. The Morgan fingerprint density at radius 2 is 1.62 bits per heavy atom. The van der Waals surface area contributed by atoms with E-state index >= 15 is 0 Å². The maximum Gasteiger partial charge on any atom is 0.290 e. The molecule has 6 nitrogen and oxygen atoms in total. The van der Waals surface area contributed by atoms with Crippen LogP contribution in [0.1, 0.15) is 12.8 Å². The van der Waals surface area contributed by atoms with Gasteiger partial charge in [-0.15, -0.1) is 0 Å². The molecule has 0 heterocycles. The zero-order chi connectivity index (χ0) is 10.7. The van der Waals surface area contributed by atoms with Crippen molar-refractivity contribution < 1.29 is 25.9 Å². The number of rotatable bonds is 5. The van der Waals surface area contributed by atoms with Crippen LogP contribution < -0.4 is 0 Å². The molecule has 0 aromatic carbocycles. The van der Waals surface area contributed by atoms with Crippen molar-refractivity contribution >= 4 is 20.2 Å². The van der Waals surface area contributed by atoms with Gasteiger partial charge in [0.1, 0.15) is 0 Å². The third-order valence-corrected chi connectivity index (χ3v) is 2.96. The molecule has 0 saturated heterocycles. The van der Waals surface area contributed by atoms with E-state index in [1.807, 2.05) is 0 Å². The largest absolute Gasteiger partial charge is 0.290 e. The van der Waals surface area contributed by atoms with E-state index in [-0.39, 0.29) is 12.8 Å². The molecule has 0 aromatic heterocycles. The van der Waals surface area contributed by atoms with Gasteiger partial charge >= 0.3 is 0 Å². The fourth-order valence-corrected chi connectivity index (χ4v) is 1.49. The van der Waals surface area contributed by atoms with Crippen LogP contribution in [0.3, 0.4) is 0 Å². The lowest BCUT2D eigenvalue weighted by Gasteiger charge is -1.99. The Bertz CT molecular complexity index is 375. The van der Waals surface area contributed by atoms with Crippen molar-refractivity contribution in [1.82, 2.24) is 0 Å². The lowest BCUT2D eigenvalue weighted by atomic mass is 10.3. The fourth-order valence-electron chi connectivity index (χ4n) is 0.581. The Kier molecular flexibility index (Phi) is 4.04. The second kappa shape index (κ2) is 4.18. The molecule has 0 fully saturated rings. The Morgan fingerprint density at radius 1 is 1.15 bits per heavy atom. The average molecular weight is 230 g/mol.